The van der Waals surface area contributed by atoms with Crippen LogP contribution >= 0.6 is 35.6 Å². The molecule has 0 aliphatic rings. The summed E-state index contributed by atoms with van der Waals surface area (Å²) in [4.78, 5) is 8.33. The van der Waals surface area contributed by atoms with Crippen LogP contribution < -0.4 is 15.8 Å². The molecule has 2 rings (SSSR count). The van der Waals surface area contributed by atoms with Crippen LogP contribution in [0, 0.1) is 0 Å². The van der Waals surface area contributed by atoms with Gasteiger partial charge in [0.05, 0.1) is 6.10 Å². The van der Waals surface area contributed by atoms with E-state index in [2.05, 4.69) is 15.3 Å². The minimum absolute atomic E-state index is 0. The lowest BCUT2D eigenvalue weighted by Crippen LogP contribution is -2.23. The Balaban J connectivity index is 0.00000288. The highest BCUT2D eigenvalue weighted by molar-refractivity contribution is 14.0. The van der Waals surface area contributed by atoms with E-state index in [4.69, 9.17) is 22.1 Å². The number of nitrogens with one attached hydrogen (secondary N) is 1. The average Bonchev–Trinajstić information content (AvgIpc) is 2.51. The zero-order valence-corrected chi connectivity index (χ0v) is 16.8. The van der Waals surface area contributed by atoms with Crippen molar-refractivity contribution >= 4 is 47.2 Å². The molecule has 0 radical (unpaired) electrons. The summed E-state index contributed by atoms with van der Waals surface area (Å²) in [6, 6.07) is 11.3. The van der Waals surface area contributed by atoms with Gasteiger partial charge in [0.2, 0.25) is 0 Å². The largest absolute Gasteiger partial charge is 0.491 e. The number of aromatic nitrogens is 1. The molecule has 1 heterocycles. The van der Waals surface area contributed by atoms with Crippen molar-refractivity contribution in [2.75, 3.05) is 11.9 Å². The number of nitrogens with two attached hydrogens (primary N) is 1. The van der Waals surface area contributed by atoms with Crippen molar-refractivity contribution in [2.24, 2.45) is 10.7 Å². The van der Waals surface area contributed by atoms with E-state index in [-0.39, 0.29) is 30.1 Å². The molecule has 5 nitrogen and oxygen atoms in total. The second kappa shape index (κ2) is 10.4. The predicted octanol–water partition coefficient (Wildman–Crippen LogP) is 4.11. The lowest BCUT2D eigenvalue weighted by molar-refractivity contribution is 0.242. The molecule has 0 saturated carbocycles. The number of halogens is 2. The Morgan fingerprint density at radius 1 is 1.25 bits per heavy atom. The van der Waals surface area contributed by atoms with Crippen LogP contribution in [0.25, 0.3) is 0 Å². The van der Waals surface area contributed by atoms with Crippen molar-refractivity contribution in [1.29, 1.82) is 0 Å². The van der Waals surface area contributed by atoms with Crippen LogP contribution in [0.3, 0.4) is 0 Å². The van der Waals surface area contributed by atoms with E-state index in [1.165, 1.54) is 0 Å². The number of pyridine rings is 1. The molecule has 0 atom stereocenters. The van der Waals surface area contributed by atoms with E-state index >= 15 is 0 Å². The van der Waals surface area contributed by atoms with E-state index in [9.17, 15) is 0 Å². The third kappa shape index (κ3) is 7.35. The summed E-state index contributed by atoms with van der Waals surface area (Å²) in [6.07, 6.45) is 2.66. The number of benzene rings is 1. The molecule has 2 aromatic rings. The van der Waals surface area contributed by atoms with Crippen molar-refractivity contribution in [3.05, 3.63) is 53.3 Å². The van der Waals surface area contributed by atoms with Gasteiger partial charge in [-0.2, -0.15) is 0 Å². The van der Waals surface area contributed by atoms with Crippen LogP contribution in [0.5, 0.6) is 5.75 Å². The molecule has 0 aliphatic heterocycles. The molecule has 0 spiro atoms. The smallest absolute Gasteiger partial charge is 0.193 e. The maximum Gasteiger partial charge on any atom is 0.193 e. The van der Waals surface area contributed by atoms with Gasteiger partial charge < -0.3 is 15.8 Å². The van der Waals surface area contributed by atoms with Crippen LogP contribution in [0.1, 0.15) is 19.4 Å². The van der Waals surface area contributed by atoms with Crippen molar-refractivity contribution < 1.29 is 4.74 Å². The highest BCUT2D eigenvalue weighted by Gasteiger charge is 1.99. The number of ether oxygens (including phenoxy) is 1. The van der Waals surface area contributed by atoms with E-state index in [1.54, 1.807) is 12.3 Å². The topological polar surface area (TPSA) is 72.5 Å². The maximum atomic E-state index is 5.88. The first-order valence-electron chi connectivity index (χ1n) is 7.47. The van der Waals surface area contributed by atoms with Gasteiger partial charge in [-0.3, -0.25) is 4.99 Å². The maximum absolute atomic E-state index is 5.88. The van der Waals surface area contributed by atoms with Gasteiger partial charge in [-0.1, -0.05) is 17.7 Å². The van der Waals surface area contributed by atoms with Gasteiger partial charge >= 0.3 is 0 Å². The number of rotatable bonds is 6. The first-order valence-corrected chi connectivity index (χ1v) is 7.85. The molecule has 1 aromatic heterocycles. The van der Waals surface area contributed by atoms with Crippen molar-refractivity contribution in [1.82, 2.24) is 4.98 Å². The molecule has 0 fully saturated rings. The molecular formula is C17H22ClIN4O. The molecule has 0 aliphatic carbocycles. The number of hydrogen-bond donors (Lipinski definition) is 2. The molecule has 7 heteroatoms. The average molecular weight is 461 g/mol. The zero-order chi connectivity index (χ0) is 16.7. The lowest BCUT2D eigenvalue weighted by Gasteiger charge is -2.11. The molecule has 24 heavy (non-hydrogen) atoms. The zero-order valence-electron chi connectivity index (χ0n) is 13.7. The van der Waals surface area contributed by atoms with Crippen molar-refractivity contribution in [2.45, 2.75) is 26.4 Å². The second-order valence-corrected chi connectivity index (χ2v) is 5.71. The molecule has 0 unspecified atom stereocenters. The SMILES string of the molecule is CC(C)Oc1ccc(NC(N)=NCCc2ccc(Cl)nc2)cc1.I. The van der Waals surface area contributed by atoms with E-state index < -0.39 is 0 Å². The van der Waals surface area contributed by atoms with E-state index in [0.29, 0.717) is 17.7 Å². The quantitative estimate of drug-likeness (QED) is 0.294. The second-order valence-electron chi connectivity index (χ2n) is 5.32. The van der Waals surface area contributed by atoms with Crippen LogP contribution in [0.4, 0.5) is 5.69 Å². The third-order valence-electron chi connectivity index (χ3n) is 2.97. The summed E-state index contributed by atoms with van der Waals surface area (Å²) < 4.78 is 5.59. The van der Waals surface area contributed by atoms with Gasteiger partial charge in [0.15, 0.2) is 5.96 Å². The molecule has 130 valence electrons. The third-order valence-corrected chi connectivity index (χ3v) is 3.19. The Morgan fingerprint density at radius 2 is 1.96 bits per heavy atom. The number of aliphatic imine (C=N–C) groups is 1. The highest BCUT2D eigenvalue weighted by atomic mass is 127. The monoisotopic (exact) mass is 460 g/mol. The molecular weight excluding hydrogens is 439 g/mol. The van der Waals surface area contributed by atoms with Crippen LogP contribution in [0.15, 0.2) is 47.6 Å². The molecule has 0 saturated heterocycles. The number of nitrogens with zero attached hydrogens (tertiary/aromatic N) is 2. The summed E-state index contributed by atoms with van der Waals surface area (Å²) >= 11 is 5.75. The standard InChI is InChI=1S/C17H21ClN4O.HI/c1-12(2)23-15-6-4-14(5-7-15)22-17(19)20-10-9-13-3-8-16(18)21-11-13;/h3-8,11-12H,9-10H2,1-2H3,(H3,19,20,22);1H. The first-order chi connectivity index (χ1) is 11.0. The van der Waals surface area contributed by atoms with Gasteiger partial charge in [-0.15, -0.1) is 24.0 Å². The van der Waals surface area contributed by atoms with Gasteiger partial charge in [0, 0.05) is 18.4 Å². The fourth-order valence-electron chi connectivity index (χ4n) is 1.94. The van der Waals surface area contributed by atoms with Gasteiger partial charge in [0.25, 0.3) is 0 Å². The number of hydrogen-bond acceptors (Lipinski definition) is 3. The fourth-order valence-corrected chi connectivity index (χ4v) is 2.05. The van der Waals surface area contributed by atoms with Gasteiger partial charge in [-0.25, -0.2) is 4.98 Å². The number of anilines is 1. The minimum Gasteiger partial charge on any atom is -0.491 e. The fraction of sp³-hybridized carbons (Fsp3) is 0.294. The van der Waals surface area contributed by atoms with Gasteiger partial charge in [0.1, 0.15) is 10.9 Å². The Bertz CT molecular complexity index is 645. The van der Waals surface area contributed by atoms with Crippen LogP contribution in [0.2, 0.25) is 5.15 Å². The minimum atomic E-state index is 0. The molecule has 3 N–H and O–H groups in total. The predicted molar refractivity (Wildman–Crippen MR) is 111 cm³/mol. The van der Waals surface area contributed by atoms with Crippen molar-refractivity contribution in [3.63, 3.8) is 0 Å². The highest BCUT2D eigenvalue weighted by Crippen LogP contribution is 2.16. The summed E-state index contributed by atoms with van der Waals surface area (Å²) in [5, 5.41) is 3.54. The Kier molecular flexibility index (Phi) is 8.84. The van der Waals surface area contributed by atoms with E-state index in [0.717, 1.165) is 23.4 Å². The van der Waals surface area contributed by atoms with Crippen molar-refractivity contribution in [3.8, 4) is 5.75 Å². The van der Waals surface area contributed by atoms with Gasteiger partial charge in [-0.05, 0) is 56.2 Å². The first kappa shape index (κ1) is 20.5. The van der Waals surface area contributed by atoms with Crippen LogP contribution in [-0.2, 0) is 6.42 Å². The van der Waals surface area contributed by atoms with E-state index in [1.807, 2.05) is 44.2 Å². The summed E-state index contributed by atoms with van der Waals surface area (Å²) in [5.41, 5.74) is 7.83. The normalized spacial score (nSPS) is 11.1. The number of guanidine groups is 1. The molecule has 0 bridgehead atoms. The van der Waals surface area contributed by atoms with Crippen LogP contribution in [-0.4, -0.2) is 23.6 Å². The molecule has 0 amide bonds. The Labute approximate surface area is 164 Å². The Hall–Kier alpha value is -1.54. The lowest BCUT2D eigenvalue weighted by atomic mass is 10.2. The summed E-state index contributed by atoms with van der Waals surface area (Å²) in [5.74, 6) is 1.21. The molecule has 1 aromatic carbocycles. The summed E-state index contributed by atoms with van der Waals surface area (Å²) in [6.45, 7) is 4.57. The summed E-state index contributed by atoms with van der Waals surface area (Å²) in [7, 11) is 0. The Morgan fingerprint density at radius 3 is 2.54 bits per heavy atom.